The Morgan fingerprint density at radius 1 is 1.09 bits per heavy atom. The number of carbonyl (C=O) groups excluding carboxylic acids is 1. The van der Waals surface area contributed by atoms with Crippen LogP contribution in [0.25, 0.3) is 0 Å². The topological polar surface area (TPSA) is 68.0 Å². The van der Waals surface area contributed by atoms with Gasteiger partial charge >= 0.3 is 0 Å². The van der Waals surface area contributed by atoms with Crippen LogP contribution in [0.5, 0.6) is 0 Å². The van der Waals surface area contributed by atoms with E-state index in [4.69, 9.17) is 4.52 Å². The second kappa shape index (κ2) is 6.87. The Morgan fingerprint density at radius 2 is 1.83 bits per heavy atom. The first kappa shape index (κ1) is 15.0. The van der Waals surface area contributed by atoms with Crippen molar-refractivity contribution in [3.05, 3.63) is 77.4 Å². The van der Waals surface area contributed by atoms with Gasteiger partial charge in [-0.15, -0.1) is 0 Å². The highest BCUT2D eigenvalue weighted by Crippen LogP contribution is 2.12. The van der Waals surface area contributed by atoms with Crippen molar-refractivity contribution >= 4 is 11.5 Å². The predicted octanol–water partition coefficient (Wildman–Crippen LogP) is 3.48. The van der Waals surface area contributed by atoms with Gasteiger partial charge in [-0.25, -0.2) is 0 Å². The molecule has 0 spiro atoms. The van der Waals surface area contributed by atoms with Crippen molar-refractivity contribution in [2.45, 2.75) is 19.9 Å². The Kier molecular flexibility index (Phi) is 4.47. The first-order chi connectivity index (χ1) is 11.2. The van der Waals surface area contributed by atoms with E-state index >= 15 is 0 Å². The third-order valence-electron chi connectivity index (χ3n) is 3.45. The van der Waals surface area contributed by atoms with Crippen molar-refractivity contribution in [3.63, 3.8) is 0 Å². The van der Waals surface area contributed by atoms with E-state index in [1.54, 1.807) is 19.1 Å². The summed E-state index contributed by atoms with van der Waals surface area (Å²) in [4.78, 5) is 15.6. The fourth-order valence-electron chi connectivity index (χ4n) is 2.21. The molecule has 0 atom stereocenters. The van der Waals surface area contributed by atoms with Crippen LogP contribution >= 0.6 is 0 Å². The third-order valence-corrected chi connectivity index (χ3v) is 3.45. The number of nitrogens with zero attached hydrogens (tertiary/aromatic N) is 2. The zero-order valence-electron chi connectivity index (χ0n) is 12.8. The van der Waals surface area contributed by atoms with Crippen LogP contribution < -0.4 is 5.32 Å². The average Bonchev–Trinajstić information content (AvgIpc) is 3.02. The highest BCUT2D eigenvalue weighted by atomic mass is 16.5. The molecule has 0 aliphatic carbocycles. The molecule has 1 N–H and O–H groups in total. The maximum absolute atomic E-state index is 11.2. The molecule has 5 heteroatoms. The molecular formula is C18H17N3O2. The van der Waals surface area contributed by atoms with Crippen molar-refractivity contribution < 1.29 is 9.32 Å². The maximum Gasteiger partial charge on any atom is 0.245 e. The average molecular weight is 307 g/mol. The lowest BCUT2D eigenvalue weighted by Crippen LogP contribution is -2.01. The van der Waals surface area contributed by atoms with E-state index in [0.717, 1.165) is 11.3 Å². The van der Waals surface area contributed by atoms with Crippen LogP contribution in [0, 0.1) is 0 Å². The van der Waals surface area contributed by atoms with Gasteiger partial charge in [0.25, 0.3) is 0 Å². The van der Waals surface area contributed by atoms with Crippen molar-refractivity contribution in [2.24, 2.45) is 0 Å². The fraction of sp³-hybridized carbons (Fsp3) is 0.167. The van der Waals surface area contributed by atoms with Gasteiger partial charge in [0.1, 0.15) is 0 Å². The van der Waals surface area contributed by atoms with Crippen LogP contribution in [0.2, 0.25) is 0 Å². The summed E-state index contributed by atoms with van der Waals surface area (Å²) in [6.07, 6.45) is 0.650. The van der Waals surface area contributed by atoms with Crippen molar-refractivity contribution in [2.75, 3.05) is 5.32 Å². The highest BCUT2D eigenvalue weighted by Gasteiger charge is 2.07. The van der Waals surface area contributed by atoms with Crippen LogP contribution in [0.3, 0.4) is 0 Å². The SMILES string of the molecule is CC(=O)c1ccc(NCc2nc(Cc3ccccc3)no2)cc1. The Morgan fingerprint density at radius 3 is 2.52 bits per heavy atom. The molecule has 23 heavy (non-hydrogen) atoms. The minimum atomic E-state index is 0.0546. The number of carbonyl (C=O) groups is 1. The Labute approximate surface area is 134 Å². The second-order valence-corrected chi connectivity index (χ2v) is 5.25. The lowest BCUT2D eigenvalue weighted by atomic mass is 10.1. The molecule has 1 heterocycles. The van der Waals surface area contributed by atoms with Gasteiger partial charge in [0.05, 0.1) is 6.54 Å². The molecule has 0 bridgehead atoms. The molecule has 0 aliphatic rings. The van der Waals surface area contributed by atoms with Crippen molar-refractivity contribution in [1.82, 2.24) is 10.1 Å². The van der Waals surface area contributed by atoms with Crippen molar-refractivity contribution in [3.8, 4) is 0 Å². The van der Waals surface area contributed by atoms with Gasteiger partial charge in [-0.3, -0.25) is 4.79 Å². The molecule has 0 unspecified atom stereocenters. The molecule has 1 aromatic heterocycles. The molecule has 0 aliphatic heterocycles. The van der Waals surface area contributed by atoms with Gasteiger partial charge in [-0.05, 0) is 36.8 Å². The standard InChI is InChI=1S/C18H17N3O2/c1-13(22)15-7-9-16(10-8-15)19-12-18-20-17(21-23-18)11-14-5-3-2-4-6-14/h2-10,19H,11-12H2,1H3. The molecule has 0 amide bonds. The molecule has 0 fully saturated rings. The summed E-state index contributed by atoms with van der Waals surface area (Å²) in [5.74, 6) is 1.26. The summed E-state index contributed by atoms with van der Waals surface area (Å²) < 4.78 is 5.24. The van der Waals surface area contributed by atoms with Crippen LogP contribution in [0.1, 0.15) is 34.6 Å². The number of rotatable bonds is 6. The van der Waals surface area contributed by atoms with Gasteiger partial charge in [0.15, 0.2) is 11.6 Å². The molecule has 0 saturated heterocycles. The molecule has 2 aromatic carbocycles. The first-order valence-corrected chi connectivity index (χ1v) is 7.41. The van der Waals surface area contributed by atoms with Gasteiger partial charge in [0, 0.05) is 17.7 Å². The predicted molar refractivity (Wildman–Crippen MR) is 87.3 cm³/mol. The molecule has 3 aromatic rings. The number of ketones is 1. The second-order valence-electron chi connectivity index (χ2n) is 5.25. The Hall–Kier alpha value is -2.95. The first-order valence-electron chi connectivity index (χ1n) is 7.41. The van der Waals surface area contributed by atoms with E-state index in [0.29, 0.717) is 30.2 Å². The number of aromatic nitrogens is 2. The molecular weight excluding hydrogens is 290 g/mol. The molecule has 116 valence electrons. The van der Waals surface area contributed by atoms with Gasteiger partial charge < -0.3 is 9.84 Å². The molecule has 0 radical (unpaired) electrons. The number of benzene rings is 2. The van der Waals surface area contributed by atoms with E-state index in [-0.39, 0.29) is 5.78 Å². The van der Waals surface area contributed by atoms with Crippen LogP contribution in [0.4, 0.5) is 5.69 Å². The third kappa shape index (κ3) is 4.03. The number of hydrogen-bond donors (Lipinski definition) is 1. The quantitative estimate of drug-likeness (QED) is 0.706. The van der Waals surface area contributed by atoms with E-state index in [1.807, 2.05) is 42.5 Å². The summed E-state index contributed by atoms with van der Waals surface area (Å²) in [6.45, 7) is 2.00. The largest absolute Gasteiger partial charge is 0.376 e. The zero-order chi connectivity index (χ0) is 16.1. The van der Waals surface area contributed by atoms with Gasteiger partial charge in [-0.1, -0.05) is 35.5 Å². The normalized spacial score (nSPS) is 10.5. The Balaban J connectivity index is 1.57. The molecule has 0 saturated carbocycles. The van der Waals surface area contributed by atoms with Crippen LogP contribution in [0.15, 0.2) is 59.1 Å². The van der Waals surface area contributed by atoms with E-state index in [2.05, 4.69) is 15.5 Å². The summed E-state index contributed by atoms with van der Waals surface area (Å²) in [7, 11) is 0. The highest BCUT2D eigenvalue weighted by molar-refractivity contribution is 5.94. The van der Waals surface area contributed by atoms with E-state index in [9.17, 15) is 4.79 Å². The lowest BCUT2D eigenvalue weighted by Gasteiger charge is -2.03. The zero-order valence-corrected chi connectivity index (χ0v) is 12.8. The number of hydrogen-bond acceptors (Lipinski definition) is 5. The minimum absolute atomic E-state index is 0.0546. The van der Waals surface area contributed by atoms with Crippen LogP contribution in [-0.2, 0) is 13.0 Å². The lowest BCUT2D eigenvalue weighted by molar-refractivity contribution is 0.101. The number of nitrogens with one attached hydrogen (secondary N) is 1. The van der Waals surface area contributed by atoms with E-state index in [1.165, 1.54) is 0 Å². The van der Waals surface area contributed by atoms with Gasteiger partial charge in [0.2, 0.25) is 5.89 Å². The number of anilines is 1. The summed E-state index contributed by atoms with van der Waals surface area (Å²) in [5.41, 5.74) is 2.74. The fourth-order valence-corrected chi connectivity index (χ4v) is 2.21. The smallest absolute Gasteiger partial charge is 0.245 e. The van der Waals surface area contributed by atoms with Gasteiger partial charge in [-0.2, -0.15) is 4.98 Å². The van der Waals surface area contributed by atoms with E-state index < -0.39 is 0 Å². The minimum Gasteiger partial charge on any atom is -0.376 e. The Bertz CT molecular complexity index is 780. The number of Topliss-reactive ketones (excluding diaryl/α,β-unsaturated/α-hetero) is 1. The summed E-state index contributed by atoms with van der Waals surface area (Å²) in [6, 6.07) is 17.3. The monoisotopic (exact) mass is 307 g/mol. The molecule has 3 rings (SSSR count). The molecule has 5 nitrogen and oxygen atoms in total. The van der Waals surface area contributed by atoms with Crippen LogP contribution in [-0.4, -0.2) is 15.9 Å². The van der Waals surface area contributed by atoms with Crippen molar-refractivity contribution in [1.29, 1.82) is 0 Å². The summed E-state index contributed by atoms with van der Waals surface area (Å²) >= 11 is 0. The summed E-state index contributed by atoms with van der Waals surface area (Å²) in [5, 5.41) is 7.19. The maximum atomic E-state index is 11.2.